The lowest BCUT2D eigenvalue weighted by atomic mass is 10.2. The molecule has 21 heavy (non-hydrogen) atoms. The number of hydrogen-bond acceptors (Lipinski definition) is 2. The predicted octanol–water partition coefficient (Wildman–Crippen LogP) is 3.31. The van der Waals surface area contributed by atoms with Gasteiger partial charge >= 0.3 is 12.0 Å². The Bertz CT molecular complexity index is 704. The Balaban J connectivity index is 2.08. The maximum atomic E-state index is 13.4. The number of para-hydroxylation sites is 1. The molecule has 0 saturated heterocycles. The number of rotatable bonds is 3. The molecule has 0 bridgehead atoms. The van der Waals surface area contributed by atoms with Crippen LogP contribution >= 0.6 is 0 Å². The van der Waals surface area contributed by atoms with Crippen molar-refractivity contribution in [3.63, 3.8) is 0 Å². The van der Waals surface area contributed by atoms with Gasteiger partial charge in [-0.2, -0.15) is 0 Å². The number of amides is 2. The number of urea groups is 1. The highest BCUT2D eigenvalue weighted by Gasteiger charge is 2.12. The van der Waals surface area contributed by atoms with Crippen LogP contribution in [0.4, 0.5) is 25.0 Å². The van der Waals surface area contributed by atoms with Crippen molar-refractivity contribution in [3.8, 4) is 0 Å². The van der Waals surface area contributed by atoms with Crippen LogP contribution in [-0.4, -0.2) is 17.1 Å². The molecule has 0 saturated carbocycles. The van der Waals surface area contributed by atoms with Gasteiger partial charge in [0.1, 0.15) is 11.6 Å². The minimum atomic E-state index is -1.41. The normalized spacial score (nSPS) is 10.0. The minimum Gasteiger partial charge on any atom is -0.478 e. The number of halogens is 2. The van der Waals surface area contributed by atoms with E-state index in [0.717, 1.165) is 12.1 Å². The van der Waals surface area contributed by atoms with Crippen molar-refractivity contribution in [1.82, 2.24) is 0 Å². The number of carboxylic acids is 1. The van der Waals surface area contributed by atoms with Gasteiger partial charge in [0, 0.05) is 5.69 Å². The molecule has 0 radical (unpaired) electrons. The summed E-state index contributed by atoms with van der Waals surface area (Å²) in [7, 11) is 0. The highest BCUT2D eigenvalue weighted by molar-refractivity contribution is 6.00. The van der Waals surface area contributed by atoms with E-state index in [1.807, 2.05) is 0 Å². The number of anilines is 2. The van der Waals surface area contributed by atoms with E-state index in [0.29, 0.717) is 0 Å². The van der Waals surface area contributed by atoms with Crippen LogP contribution in [0.1, 0.15) is 10.4 Å². The molecule has 0 heterocycles. The quantitative estimate of drug-likeness (QED) is 0.812. The molecule has 0 unspecified atom stereocenters. The van der Waals surface area contributed by atoms with Gasteiger partial charge in [-0.15, -0.1) is 0 Å². The van der Waals surface area contributed by atoms with E-state index in [-0.39, 0.29) is 11.4 Å². The summed E-state index contributed by atoms with van der Waals surface area (Å²) in [5.74, 6) is -3.00. The monoisotopic (exact) mass is 292 g/mol. The van der Waals surface area contributed by atoms with Crippen LogP contribution in [0, 0.1) is 11.6 Å². The van der Waals surface area contributed by atoms with E-state index < -0.39 is 29.2 Å². The maximum Gasteiger partial charge on any atom is 0.338 e. The topological polar surface area (TPSA) is 78.4 Å². The molecule has 0 aromatic heterocycles. The molecule has 2 aromatic rings. The van der Waals surface area contributed by atoms with Gasteiger partial charge in [-0.25, -0.2) is 18.4 Å². The van der Waals surface area contributed by atoms with Crippen molar-refractivity contribution in [2.75, 3.05) is 10.6 Å². The first-order chi connectivity index (χ1) is 9.97. The fraction of sp³-hybridized carbons (Fsp3) is 0. The number of carbonyl (C=O) groups excluding carboxylic acids is 1. The summed E-state index contributed by atoms with van der Waals surface area (Å²) < 4.78 is 26.8. The molecule has 2 rings (SSSR count). The van der Waals surface area contributed by atoms with Crippen LogP contribution in [0.15, 0.2) is 42.5 Å². The summed E-state index contributed by atoms with van der Waals surface area (Å²) in [5.41, 5.74) is -0.487. The van der Waals surface area contributed by atoms with Crippen LogP contribution in [0.2, 0.25) is 0 Å². The third kappa shape index (κ3) is 3.53. The minimum absolute atomic E-state index is 0.0300. The Morgan fingerprint density at radius 3 is 2.29 bits per heavy atom. The lowest BCUT2D eigenvalue weighted by Crippen LogP contribution is -2.20. The second kappa shape index (κ2) is 6.00. The number of nitrogens with one attached hydrogen (secondary N) is 2. The fourth-order valence-corrected chi connectivity index (χ4v) is 1.61. The third-order valence-corrected chi connectivity index (χ3v) is 2.58. The molecule has 0 fully saturated rings. The lowest BCUT2D eigenvalue weighted by molar-refractivity contribution is 0.0692. The van der Waals surface area contributed by atoms with Crippen molar-refractivity contribution >= 4 is 23.4 Å². The van der Waals surface area contributed by atoms with Gasteiger partial charge in [-0.1, -0.05) is 12.1 Å². The third-order valence-electron chi connectivity index (χ3n) is 2.58. The number of hydrogen-bond donors (Lipinski definition) is 3. The first-order valence-electron chi connectivity index (χ1n) is 5.83. The lowest BCUT2D eigenvalue weighted by Gasteiger charge is -2.09. The molecule has 0 aliphatic carbocycles. The molecule has 2 amide bonds. The van der Waals surface area contributed by atoms with Crippen LogP contribution in [0.25, 0.3) is 0 Å². The zero-order valence-electron chi connectivity index (χ0n) is 10.6. The Morgan fingerprint density at radius 2 is 1.67 bits per heavy atom. The second-order valence-corrected chi connectivity index (χ2v) is 4.06. The summed E-state index contributed by atoms with van der Waals surface area (Å²) >= 11 is 0. The number of carbonyl (C=O) groups is 2. The van der Waals surface area contributed by atoms with E-state index in [4.69, 9.17) is 5.11 Å². The fourth-order valence-electron chi connectivity index (χ4n) is 1.61. The first kappa shape index (κ1) is 14.4. The highest BCUT2D eigenvalue weighted by atomic mass is 19.1. The van der Waals surface area contributed by atoms with Crippen molar-refractivity contribution in [2.24, 2.45) is 0 Å². The number of aromatic carboxylic acids is 1. The van der Waals surface area contributed by atoms with E-state index >= 15 is 0 Å². The maximum absolute atomic E-state index is 13.4. The van der Waals surface area contributed by atoms with Crippen molar-refractivity contribution in [3.05, 3.63) is 59.7 Å². The van der Waals surface area contributed by atoms with Gasteiger partial charge in [0.25, 0.3) is 0 Å². The molecule has 0 aliphatic rings. The standard InChI is InChI=1S/C14H10F2N2O3/c15-10-3-1-2-4-12(10)18-14(21)17-8-5-6-9(13(19)20)11(16)7-8/h1-7H,(H,19,20)(H2,17,18,21). The molecule has 108 valence electrons. The molecule has 0 spiro atoms. The van der Waals surface area contributed by atoms with Gasteiger partial charge in [0.2, 0.25) is 0 Å². The summed E-state index contributed by atoms with van der Waals surface area (Å²) in [6, 6.07) is 7.90. The smallest absolute Gasteiger partial charge is 0.338 e. The first-order valence-corrected chi connectivity index (χ1v) is 5.83. The van der Waals surface area contributed by atoms with Crippen LogP contribution in [-0.2, 0) is 0 Å². The van der Waals surface area contributed by atoms with Gasteiger partial charge in [-0.3, -0.25) is 0 Å². The number of benzene rings is 2. The molecule has 0 atom stereocenters. The second-order valence-electron chi connectivity index (χ2n) is 4.06. The average Bonchev–Trinajstić information content (AvgIpc) is 2.41. The van der Waals surface area contributed by atoms with Crippen LogP contribution < -0.4 is 10.6 Å². The van der Waals surface area contributed by atoms with Crippen molar-refractivity contribution in [1.29, 1.82) is 0 Å². The van der Waals surface area contributed by atoms with Crippen molar-refractivity contribution < 1.29 is 23.5 Å². The molecule has 2 aromatic carbocycles. The van der Waals surface area contributed by atoms with E-state index in [2.05, 4.69) is 10.6 Å². The zero-order valence-corrected chi connectivity index (χ0v) is 10.6. The summed E-state index contributed by atoms with van der Waals surface area (Å²) in [6.07, 6.45) is 0. The van der Waals surface area contributed by atoms with Crippen LogP contribution in [0.5, 0.6) is 0 Å². The molecule has 0 aliphatic heterocycles. The van der Waals surface area contributed by atoms with Crippen LogP contribution in [0.3, 0.4) is 0 Å². The summed E-state index contributed by atoms with van der Waals surface area (Å²) in [5, 5.41) is 13.2. The van der Waals surface area contributed by atoms with Gasteiger partial charge < -0.3 is 15.7 Å². The Morgan fingerprint density at radius 1 is 0.952 bits per heavy atom. The molecule has 7 heteroatoms. The average molecular weight is 292 g/mol. The van der Waals surface area contributed by atoms with Crippen molar-refractivity contribution in [2.45, 2.75) is 0 Å². The van der Waals surface area contributed by atoms with Gasteiger partial charge in [0.05, 0.1) is 11.3 Å². The SMILES string of the molecule is O=C(Nc1ccc(C(=O)O)c(F)c1)Nc1ccccc1F. The Labute approximate surface area is 118 Å². The summed E-state index contributed by atoms with van der Waals surface area (Å²) in [6.45, 7) is 0. The van der Waals surface area contributed by atoms with E-state index in [9.17, 15) is 18.4 Å². The predicted molar refractivity (Wildman–Crippen MR) is 72.4 cm³/mol. The van der Waals surface area contributed by atoms with Gasteiger partial charge in [0.15, 0.2) is 0 Å². The highest BCUT2D eigenvalue weighted by Crippen LogP contribution is 2.16. The molecule has 3 N–H and O–H groups in total. The Kier molecular flexibility index (Phi) is 4.13. The molecule has 5 nitrogen and oxygen atoms in total. The molecular formula is C14H10F2N2O3. The van der Waals surface area contributed by atoms with Gasteiger partial charge in [-0.05, 0) is 30.3 Å². The summed E-state index contributed by atoms with van der Waals surface area (Å²) in [4.78, 5) is 22.3. The Hall–Kier alpha value is -2.96. The zero-order chi connectivity index (χ0) is 15.4. The van der Waals surface area contributed by atoms with E-state index in [1.165, 1.54) is 24.3 Å². The molecular weight excluding hydrogens is 282 g/mol. The number of carboxylic acid groups (broad SMARTS) is 1. The largest absolute Gasteiger partial charge is 0.478 e. The van der Waals surface area contributed by atoms with E-state index in [1.54, 1.807) is 6.07 Å².